The number of nitrogens with zero attached hydrogens (tertiary/aromatic N) is 1. The summed E-state index contributed by atoms with van der Waals surface area (Å²) in [5.41, 5.74) is 1.56. The topological polar surface area (TPSA) is 76.4 Å². The highest BCUT2D eigenvalue weighted by Gasteiger charge is 2.38. The molecule has 0 aromatic heterocycles. The zero-order chi connectivity index (χ0) is 19.8. The molecule has 0 aliphatic heterocycles. The van der Waals surface area contributed by atoms with Crippen LogP contribution in [0.1, 0.15) is 42.4 Å². The molecule has 27 heavy (non-hydrogen) atoms. The van der Waals surface area contributed by atoms with Crippen molar-refractivity contribution in [2.24, 2.45) is 0 Å². The van der Waals surface area contributed by atoms with Crippen LogP contribution in [-0.4, -0.2) is 25.2 Å². The molecule has 0 saturated heterocycles. The Labute approximate surface area is 167 Å². The number of nitriles is 1. The first-order valence-corrected chi connectivity index (χ1v) is 9.39. The summed E-state index contributed by atoms with van der Waals surface area (Å²) in [5, 5.41) is 9.21. The lowest BCUT2D eigenvalue weighted by Crippen LogP contribution is -2.29. The van der Waals surface area contributed by atoms with Crippen molar-refractivity contribution in [3.05, 3.63) is 69.7 Å². The van der Waals surface area contributed by atoms with Gasteiger partial charge in [-0.3, -0.25) is 9.59 Å². The molecule has 0 radical (unpaired) electrons. The summed E-state index contributed by atoms with van der Waals surface area (Å²) in [5.74, 6) is -2.87. The Morgan fingerprint density at radius 3 is 1.96 bits per heavy atom. The van der Waals surface area contributed by atoms with E-state index in [2.05, 4.69) is 22.0 Å². The minimum Gasteiger partial charge on any atom is -0.465 e. The Kier molecular flexibility index (Phi) is 7.56. The van der Waals surface area contributed by atoms with Crippen molar-refractivity contribution in [1.29, 1.82) is 5.26 Å². The van der Waals surface area contributed by atoms with Crippen LogP contribution >= 0.6 is 15.9 Å². The van der Waals surface area contributed by atoms with Crippen molar-refractivity contribution >= 4 is 27.9 Å². The van der Waals surface area contributed by atoms with E-state index in [0.717, 1.165) is 4.47 Å². The van der Waals surface area contributed by atoms with E-state index < -0.39 is 23.8 Å². The van der Waals surface area contributed by atoms with E-state index in [4.69, 9.17) is 9.47 Å². The molecule has 0 saturated carbocycles. The average Bonchev–Trinajstić information content (AvgIpc) is 2.66. The minimum absolute atomic E-state index is 0.182. The normalized spacial score (nSPS) is 12.5. The number of ether oxygens (including phenoxy) is 2. The molecular formula is C21H20BrNO4. The van der Waals surface area contributed by atoms with Gasteiger partial charge in [-0.15, -0.1) is 0 Å². The van der Waals surface area contributed by atoms with Crippen molar-refractivity contribution < 1.29 is 19.1 Å². The second-order valence-corrected chi connectivity index (χ2v) is 6.67. The van der Waals surface area contributed by atoms with Gasteiger partial charge in [0, 0.05) is 4.47 Å². The number of halogens is 1. The third-order valence-corrected chi connectivity index (χ3v) is 4.49. The van der Waals surface area contributed by atoms with E-state index in [1.165, 1.54) is 0 Å². The zero-order valence-electron chi connectivity index (χ0n) is 15.1. The number of hydrogen-bond donors (Lipinski definition) is 0. The monoisotopic (exact) mass is 429 g/mol. The Morgan fingerprint density at radius 1 is 0.963 bits per heavy atom. The molecule has 5 nitrogen and oxygen atoms in total. The van der Waals surface area contributed by atoms with Crippen molar-refractivity contribution in [2.45, 2.75) is 25.7 Å². The van der Waals surface area contributed by atoms with Crippen LogP contribution in [0.25, 0.3) is 0 Å². The van der Waals surface area contributed by atoms with Gasteiger partial charge in [0.2, 0.25) is 0 Å². The summed E-state index contributed by atoms with van der Waals surface area (Å²) in [7, 11) is 0. The van der Waals surface area contributed by atoms with Crippen LogP contribution in [0.2, 0.25) is 0 Å². The molecule has 2 rings (SSSR count). The second kappa shape index (κ2) is 9.89. The van der Waals surface area contributed by atoms with Crippen molar-refractivity contribution in [3.8, 4) is 6.07 Å². The van der Waals surface area contributed by atoms with Gasteiger partial charge >= 0.3 is 11.9 Å². The van der Waals surface area contributed by atoms with Crippen LogP contribution in [-0.2, 0) is 19.1 Å². The second-order valence-electron chi connectivity index (χ2n) is 5.75. The van der Waals surface area contributed by atoms with Crippen LogP contribution in [0.5, 0.6) is 0 Å². The zero-order valence-corrected chi connectivity index (χ0v) is 16.7. The largest absolute Gasteiger partial charge is 0.465 e. The lowest BCUT2D eigenvalue weighted by atomic mass is 9.81. The highest BCUT2D eigenvalue weighted by molar-refractivity contribution is 9.10. The number of carbonyl (C=O) groups is 2. The SMILES string of the molecule is CCOC(=O)C(c1cccc(Br)c1)C(C(=O)OCC)c1cccc(C#N)c1. The highest BCUT2D eigenvalue weighted by atomic mass is 79.9. The van der Waals surface area contributed by atoms with Gasteiger partial charge in [-0.1, -0.05) is 40.2 Å². The Morgan fingerprint density at radius 2 is 1.48 bits per heavy atom. The molecule has 0 fully saturated rings. The van der Waals surface area contributed by atoms with E-state index in [0.29, 0.717) is 16.7 Å². The number of carbonyl (C=O) groups excluding carboxylic acids is 2. The summed E-state index contributed by atoms with van der Waals surface area (Å²) in [6, 6.07) is 15.9. The maximum Gasteiger partial charge on any atom is 0.314 e. The number of hydrogen-bond acceptors (Lipinski definition) is 5. The first kappa shape index (κ1) is 20.7. The van der Waals surface area contributed by atoms with E-state index in [-0.39, 0.29) is 13.2 Å². The minimum atomic E-state index is -0.924. The first-order chi connectivity index (χ1) is 13.0. The Bertz CT molecular complexity index is 859. The van der Waals surface area contributed by atoms with Crippen LogP contribution in [0.4, 0.5) is 0 Å². The van der Waals surface area contributed by atoms with Gasteiger partial charge in [-0.25, -0.2) is 0 Å². The molecule has 0 bridgehead atoms. The third kappa shape index (κ3) is 5.18. The lowest BCUT2D eigenvalue weighted by Gasteiger charge is -2.25. The van der Waals surface area contributed by atoms with E-state index in [1.807, 2.05) is 6.07 Å². The fourth-order valence-electron chi connectivity index (χ4n) is 2.90. The van der Waals surface area contributed by atoms with Crippen LogP contribution in [0.3, 0.4) is 0 Å². The molecule has 2 unspecified atom stereocenters. The van der Waals surface area contributed by atoms with Crippen LogP contribution in [0, 0.1) is 11.3 Å². The molecule has 0 N–H and O–H groups in total. The van der Waals surface area contributed by atoms with Gasteiger partial charge in [-0.05, 0) is 49.2 Å². The van der Waals surface area contributed by atoms with Crippen LogP contribution in [0.15, 0.2) is 53.0 Å². The number of esters is 2. The molecule has 2 aromatic carbocycles. The number of benzene rings is 2. The summed E-state index contributed by atoms with van der Waals surface area (Å²) in [6.07, 6.45) is 0. The summed E-state index contributed by atoms with van der Waals surface area (Å²) >= 11 is 3.40. The summed E-state index contributed by atoms with van der Waals surface area (Å²) in [4.78, 5) is 25.6. The third-order valence-electron chi connectivity index (χ3n) is 4.00. The molecule has 6 heteroatoms. The van der Waals surface area contributed by atoms with Gasteiger partial charge in [-0.2, -0.15) is 5.26 Å². The molecule has 2 atom stereocenters. The average molecular weight is 430 g/mol. The molecule has 0 heterocycles. The summed E-state index contributed by atoms with van der Waals surface area (Å²) in [6.45, 7) is 3.79. The first-order valence-electron chi connectivity index (χ1n) is 8.60. The predicted molar refractivity (Wildman–Crippen MR) is 104 cm³/mol. The van der Waals surface area contributed by atoms with Crippen molar-refractivity contribution in [1.82, 2.24) is 0 Å². The van der Waals surface area contributed by atoms with Gasteiger partial charge in [0.15, 0.2) is 0 Å². The van der Waals surface area contributed by atoms with Gasteiger partial charge in [0.05, 0.1) is 36.7 Å². The fraction of sp³-hybridized carbons (Fsp3) is 0.286. The maximum absolute atomic E-state index is 12.8. The van der Waals surface area contributed by atoms with Gasteiger partial charge in [0.1, 0.15) is 0 Å². The van der Waals surface area contributed by atoms with E-state index in [9.17, 15) is 14.9 Å². The Hall–Kier alpha value is -2.65. The Balaban J connectivity index is 2.63. The molecule has 0 amide bonds. The van der Waals surface area contributed by atoms with Crippen LogP contribution < -0.4 is 0 Å². The molecule has 140 valence electrons. The smallest absolute Gasteiger partial charge is 0.314 e. The lowest BCUT2D eigenvalue weighted by molar-refractivity contribution is -0.153. The summed E-state index contributed by atoms with van der Waals surface area (Å²) < 4.78 is 11.3. The fourth-order valence-corrected chi connectivity index (χ4v) is 3.31. The van der Waals surface area contributed by atoms with Crippen molar-refractivity contribution in [2.75, 3.05) is 13.2 Å². The molecule has 0 spiro atoms. The van der Waals surface area contributed by atoms with Crippen molar-refractivity contribution in [3.63, 3.8) is 0 Å². The standard InChI is InChI=1S/C21H20BrNO4/c1-3-26-20(24)18(15-8-5-7-14(11-15)13-23)19(21(25)27-4-2)16-9-6-10-17(22)12-16/h5-12,18-19H,3-4H2,1-2H3. The van der Waals surface area contributed by atoms with Gasteiger partial charge < -0.3 is 9.47 Å². The quantitative estimate of drug-likeness (QED) is 0.612. The molecule has 2 aromatic rings. The highest BCUT2D eigenvalue weighted by Crippen LogP contribution is 2.36. The van der Waals surface area contributed by atoms with E-state index >= 15 is 0 Å². The predicted octanol–water partition coefficient (Wildman–Crippen LogP) is 4.31. The van der Waals surface area contributed by atoms with E-state index in [1.54, 1.807) is 56.3 Å². The number of rotatable bonds is 7. The molecule has 0 aliphatic rings. The molecule has 0 aliphatic carbocycles. The molecular weight excluding hydrogens is 410 g/mol. The van der Waals surface area contributed by atoms with Gasteiger partial charge in [0.25, 0.3) is 0 Å². The maximum atomic E-state index is 12.8.